The third kappa shape index (κ3) is 1.16. The highest BCUT2D eigenvalue weighted by molar-refractivity contribution is 7.50. The summed E-state index contributed by atoms with van der Waals surface area (Å²) in [5.74, 6) is 0. The molecule has 0 atom stereocenters. The van der Waals surface area contributed by atoms with Crippen LogP contribution in [0.3, 0.4) is 0 Å². The number of hydrogen-bond acceptors (Lipinski definition) is 2. The molecule has 0 bridgehead atoms. The fourth-order valence-corrected chi connectivity index (χ4v) is 1.07. The molecule has 0 fully saturated rings. The van der Waals surface area contributed by atoms with Crippen molar-refractivity contribution >= 4 is 8.38 Å². The van der Waals surface area contributed by atoms with Crippen molar-refractivity contribution in [2.75, 3.05) is 0 Å². The number of hydrogen-bond donors (Lipinski definition) is 2. The van der Waals surface area contributed by atoms with Crippen LogP contribution in [0.5, 0.6) is 0 Å². The van der Waals surface area contributed by atoms with Crippen LogP contribution >= 0.6 is 8.38 Å². The van der Waals surface area contributed by atoms with E-state index in [4.69, 9.17) is 9.79 Å². The van der Waals surface area contributed by atoms with E-state index in [0.29, 0.717) is 6.42 Å². The molecule has 1 aliphatic carbocycles. The summed E-state index contributed by atoms with van der Waals surface area (Å²) >= 11 is 0. The van der Waals surface area contributed by atoms with Crippen molar-refractivity contribution in [3.63, 3.8) is 0 Å². The van der Waals surface area contributed by atoms with Crippen LogP contribution < -0.4 is 0 Å². The number of rotatable bonds is 1. The van der Waals surface area contributed by atoms with E-state index in [1.54, 1.807) is 6.08 Å². The second-order valence-corrected chi connectivity index (χ2v) is 2.73. The van der Waals surface area contributed by atoms with Crippen molar-refractivity contribution in [2.45, 2.75) is 6.42 Å². The van der Waals surface area contributed by atoms with Crippen LogP contribution in [-0.2, 0) is 0 Å². The second kappa shape index (κ2) is 2.40. The van der Waals surface area contributed by atoms with Crippen LogP contribution in [0.1, 0.15) is 6.42 Å². The summed E-state index contributed by atoms with van der Waals surface area (Å²) in [6, 6.07) is 0. The van der Waals surface area contributed by atoms with Crippen molar-refractivity contribution in [2.24, 2.45) is 0 Å². The maximum absolute atomic E-state index is 8.56. The average molecular weight is 130 g/mol. The quantitative estimate of drug-likeness (QED) is 0.522. The van der Waals surface area contributed by atoms with Gasteiger partial charge in [-0.3, -0.25) is 0 Å². The van der Waals surface area contributed by atoms with E-state index < -0.39 is 8.38 Å². The van der Waals surface area contributed by atoms with Crippen LogP contribution in [0.4, 0.5) is 0 Å². The van der Waals surface area contributed by atoms with Gasteiger partial charge >= 0.3 is 0 Å². The Labute approximate surface area is 49.1 Å². The summed E-state index contributed by atoms with van der Waals surface area (Å²) in [4.78, 5) is 17.1. The van der Waals surface area contributed by atoms with Crippen molar-refractivity contribution in [3.8, 4) is 0 Å². The van der Waals surface area contributed by atoms with Gasteiger partial charge in [-0.05, 0) is 6.42 Å². The number of allylic oxidation sites excluding steroid dienone is 4. The van der Waals surface area contributed by atoms with Crippen molar-refractivity contribution < 1.29 is 9.79 Å². The molecule has 0 radical (unpaired) electrons. The molecular formula is C5H7O2P. The third-order valence-electron chi connectivity index (χ3n) is 1.01. The van der Waals surface area contributed by atoms with Gasteiger partial charge in [0.05, 0.1) is 0 Å². The van der Waals surface area contributed by atoms with Gasteiger partial charge in [-0.25, -0.2) is 0 Å². The van der Waals surface area contributed by atoms with Crippen LogP contribution in [-0.4, -0.2) is 9.79 Å². The zero-order chi connectivity index (χ0) is 5.98. The molecule has 0 unspecified atom stereocenters. The standard InChI is InChI=1S/C5H7O2P/c6-8(7)5-3-1-2-4-5/h1-3,6-7H,4H2. The van der Waals surface area contributed by atoms with Crippen LogP contribution in [0.15, 0.2) is 23.5 Å². The molecule has 1 rings (SSSR count). The van der Waals surface area contributed by atoms with E-state index in [2.05, 4.69) is 0 Å². The van der Waals surface area contributed by atoms with E-state index in [1.165, 1.54) is 0 Å². The summed E-state index contributed by atoms with van der Waals surface area (Å²) in [6.45, 7) is 0. The molecular weight excluding hydrogens is 123 g/mol. The molecule has 2 nitrogen and oxygen atoms in total. The molecule has 0 aromatic carbocycles. The smallest absolute Gasteiger partial charge is 0.195 e. The lowest BCUT2D eigenvalue weighted by molar-refractivity contribution is 0.491. The molecule has 0 heterocycles. The highest BCUT2D eigenvalue weighted by atomic mass is 31.2. The molecule has 0 aliphatic heterocycles. The Morgan fingerprint density at radius 2 is 2.25 bits per heavy atom. The minimum absolute atomic E-state index is 0.707. The van der Waals surface area contributed by atoms with Crippen LogP contribution in [0.25, 0.3) is 0 Å². The predicted octanol–water partition coefficient (Wildman–Crippen LogP) is 1.13. The van der Waals surface area contributed by atoms with Gasteiger partial charge in [0.25, 0.3) is 0 Å². The van der Waals surface area contributed by atoms with E-state index in [0.717, 1.165) is 5.31 Å². The third-order valence-corrected chi connectivity index (χ3v) is 1.85. The van der Waals surface area contributed by atoms with Gasteiger partial charge < -0.3 is 9.79 Å². The molecule has 44 valence electrons. The predicted molar refractivity (Wildman–Crippen MR) is 33.2 cm³/mol. The lowest BCUT2D eigenvalue weighted by Crippen LogP contribution is -1.72. The topological polar surface area (TPSA) is 40.5 Å². The van der Waals surface area contributed by atoms with E-state index in [9.17, 15) is 0 Å². The Hall–Kier alpha value is -0.170. The van der Waals surface area contributed by atoms with E-state index >= 15 is 0 Å². The van der Waals surface area contributed by atoms with Crippen molar-refractivity contribution in [3.05, 3.63) is 23.5 Å². The molecule has 0 aromatic heterocycles. The molecule has 2 N–H and O–H groups in total. The monoisotopic (exact) mass is 130 g/mol. The van der Waals surface area contributed by atoms with Gasteiger partial charge in [-0.15, -0.1) is 0 Å². The Morgan fingerprint density at radius 3 is 2.50 bits per heavy atom. The Bertz CT molecular complexity index is 137. The lowest BCUT2D eigenvalue weighted by atomic mass is 10.5. The van der Waals surface area contributed by atoms with Crippen molar-refractivity contribution in [1.29, 1.82) is 0 Å². The molecule has 0 saturated carbocycles. The normalized spacial score (nSPS) is 17.6. The first-order valence-corrected chi connectivity index (χ1v) is 3.59. The maximum atomic E-state index is 8.56. The Morgan fingerprint density at radius 1 is 1.50 bits per heavy atom. The molecule has 0 amide bonds. The van der Waals surface area contributed by atoms with Gasteiger partial charge in [0.1, 0.15) is 0 Å². The van der Waals surface area contributed by atoms with Gasteiger partial charge in [0.15, 0.2) is 8.38 Å². The van der Waals surface area contributed by atoms with E-state index in [-0.39, 0.29) is 0 Å². The first kappa shape index (κ1) is 5.96. The largest absolute Gasteiger partial charge is 0.347 e. The zero-order valence-corrected chi connectivity index (χ0v) is 5.18. The first-order chi connectivity index (χ1) is 3.80. The van der Waals surface area contributed by atoms with Gasteiger partial charge in [-0.1, -0.05) is 18.2 Å². The summed E-state index contributed by atoms with van der Waals surface area (Å²) in [5.41, 5.74) is 0. The summed E-state index contributed by atoms with van der Waals surface area (Å²) in [5, 5.41) is 0.736. The van der Waals surface area contributed by atoms with Gasteiger partial charge in [-0.2, -0.15) is 0 Å². The lowest BCUT2D eigenvalue weighted by Gasteiger charge is -1.99. The highest BCUT2D eigenvalue weighted by Gasteiger charge is 2.06. The fourth-order valence-electron chi connectivity index (χ4n) is 0.584. The van der Waals surface area contributed by atoms with E-state index in [1.807, 2.05) is 12.2 Å². The molecule has 8 heavy (non-hydrogen) atoms. The molecule has 0 aromatic rings. The molecule has 3 heteroatoms. The fraction of sp³-hybridized carbons (Fsp3) is 0.200. The summed E-state index contributed by atoms with van der Waals surface area (Å²) in [7, 11) is -1.80. The van der Waals surface area contributed by atoms with Gasteiger partial charge in [0, 0.05) is 5.31 Å². The second-order valence-electron chi connectivity index (χ2n) is 1.58. The molecule has 0 saturated heterocycles. The summed E-state index contributed by atoms with van der Waals surface area (Å²) < 4.78 is 0. The SMILES string of the molecule is OP(O)C1=CC=CC1. The Kier molecular flexibility index (Phi) is 1.79. The molecule has 1 aliphatic rings. The van der Waals surface area contributed by atoms with Crippen molar-refractivity contribution in [1.82, 2.24) is 0 Å². The maximum Gasteiger partial charge on any atom is 0.195 e. The molecule has 0 spiro atoms. The highest BCUT2D eigenvalue weighted by Crippen LogP contribution is 2.39. The first-order valence-electron chi connectivity index (χ1n) is 2.34. The summed E-state index contributed by atoms with van der Waals surface area (Å²) in [6.07, 6.45) is 6.18. The Balaban J connectivity index is 2.51. The minimum atomic E-state index is -1.80. The average Bonchev–Trinajstić information content (AvgIpc) is 2.12. The minimum Gasteiger partial charge on any atom is -0.347 e. The van der Waals surface area contributed by atoms with Gasteiger partial charge in [0.2, 0.25) is 0 Å². The van der Waals surface area contributed by atoms with Crippen LogP contribution in [0.2, 0.25) is 0 Å². The van der Waals surface area contributed by atoms with Crippen LogP contribution in [0, 0.1) is 0 Å². The zero-order valence-electron chi connectivity index (χ0n) is 4.28.